The molecule has 1 saturated heterocycles. The second kappa shape index (κ2) is 8.89. The molecule has 0 N–H and O–H groups in total. The summed E-state index contributed by atoms with van der Waals surface area (Å²) in [7, 11) is 1.90. The van der Waals surface area contributed by atoms with Crippen LogP contribution in [0, 0.1) is 0 Å². The first-order chi connectivity index (χ1) is 11.5. The molecular weight excluding hydrogens is 330 g/mol. The zero-order valence-corrected chi connectivity index (χ0v) is 15.0. The molecular formula is C17H24ClN3O3. The molecule has 0 radical (unpaired) electrons. The quantitative estimate of drug-likeness (QED) is 0.774. The molecule has 0 aromatic heterocycles. The maximum atomic E-state index is 12.3. The third-order valence-electron chi connectivity index (χ3n) is 4.04. The van der Waals surface area contributed by atoms with Crippen molar-refractivity contribution in [3.05, 3.63) is 29.3 Å². The molecule has 1 heterocycles. The average Bonchev–Trinajstić information content (AvgIpc) is 2.56. The number of hydrogen-bond donors (Lipinski definition) is 0. The number of halogens is 1. The van der Waals surface area contributed by atoms with Gasteiger partial charge in [-0.3, -0.25) is 14.5 Å². The number of likely N-dealkylation sites (N-methyl/N-ethyl adjacent to an activating group) is 1. The predicted molar refractivity (Wildman–Crippen MR) is 93.3 cm³/mol. The van der Waals surface area contributed by atoms with E-state index in [0.717, 1.165) is 5.75 Å². The number of carbonyl (C=O) groups excluding carboxylic acids is 2. The van der Waals surface area contributed by atoms with Gasteiger partial charge >= 0.3 is 0 Å². The fraction of sp³-hybridized carbons (Fsp3) is 0.529. The Labute approximate surface area is 147 Å². The molecule has 0 atom stereocenters. The highest BCUT2D eigenvalue weighted by atomic mass is 35.5. The monoisotopic (exact) mass is 353 g/mol. The number of carbonyl (C=O) groups is 2. The zero-order valence-electron chi connectivity index (χ0n) is 14.2. The Morgan fingerprint density at radius 3 is 2.29 bits per heavy atom. The van der Waals surface area contributed by atoms with Gasteiger partial charge in [0.15, 0.2) is 0 Å². The molecule has 1 aliphatic rings. The van der Waals surface area contributed by atoms with Crippen LogP contribution in [0.4, 0.5) is 0 Å². The van der Waals surface area contributed by atoms with Gasteiger partial charge < -0.3 is 14.5 Å². The van der Waals surface area contributed by atoms with E-state index >= 15 is 0 Å². The van der Waals surface area contributed by atoms with Crippen molar-refractivity contribution >= 4 is 23.4 Å². The lowest BCUT2D eigenvalue weighted by Crippen LogP contribution is -2.52. The third-order valence-corrected chi connectivity index (χ3v) is 4.29. The molecule has 1 fully saturated rings. The summed E-state index contributed by atoms with van der Waals surface area (Å²) >= 11 is 5.83. The Kier molecular flexibility index (Phi) is 6.87. The minimum atomic E-state index is 0.0681. The molecule has 0 spiro atoms. The molecule has 7 heteroatoms. The number of ether oxygens (including phenoxy) is 1. The first kappa shape index (κ1) is 18.5. The number of rotatable bonds is 6. The van der Waals surface area contributed by atoms with Gasteiger partial charge in [0.2, 0.25) is 11.8 Å². The number of hydrogen-bond acceptors (Lipinski definition) is 4. The van der Waals surface area contributed by atoms with Crippen molar-refractivity contribution in [2.24, 2.45) is 0 Å². The Balaban J connectivity index is 1.66. The van der Waals surface area contributed by atoms with Crippen molar-refractivity contribution in [3.8, 4) is 5.75 Å². The maximum absolute atomic E-state index is 12.3. The third kappa shape index (κ3) is 5.69. The Morgan fingerprint density at radius 2 is 1.71 bits per heavy atom. The maximum Gasteiger partial charge on any atom is 0.236 e. The van der Waals surface area contributed by atoms with E-state index in [-0.39, 0.29) is 11.8 Å². The highest BCUT2D eigenvalue weighted by Gasteiger charge is 2.22. The fourth-order valence-electron chi connectivity index (χ4n) is 2.53. The van der Waals surface area contributed by atoms with E-state index < -0.39 is 0 Å². The molecule has 0 bridgehead atoms. The highest BCUT2D eigenvalue weighted by Crippen LogP contribution is 2.15. The molecule has 0 unspecified atom stereocenters. The minimum absolute atomic E-state index is 0.0681. The normalized spacial score (nSPS) is 14.8. The lowest BCUT2D eigenvalue weighted by molar-refractivity contribution is -0.139. The fourth-order valence-corrected chi connectivity index (χ4v) is 2.66. The van der Waals surface area contributed by atoms with Crippen LogP contribution < -0.4 is 4.74 Å². The molecule has 1 aliphatic heterocycles. The molecule has 6 nitrogen and oxygen atoms in total. The molecule has 2 rings (SSSR count). The van der Waals surface area contributed by atoms with E-state index in [1.807, 2.05) is 29.0 Å². The van der Waals surface area contributed by atoms with Crippen LogP contribution in [0.15, 0.2) is 24.3 Å². The molecule has 132 valence electrons. The van der Waals surface area contributed by atoms with E-state index in [1.165, 1.54) is 0 Å². The summed E-state index contributed by atoms with van der Waals surface area (Å²) in [5.41, 5.74) is 0. The van der Waals surface area contributed by atoms with Crippen molar-refractivity contribution in [2.75, 3.05) is 52.9 Å². The molecule has 0 saturated carbocycles. The smallest absolute Gasteiger partial charge is 0.236 e. The standard InChI is InChI=1S/C17H24ClN3O3/c1-14(22)20-7-9-21(10-8-20)17(23)13-19(2)11-12-24-16-5-3-15(18)4-6-16/h3-6H,7-13H2,1-2H3. The van der Waals surface area contributed by atoms with Gasteiger partial charge in [-0.25, -0.2) is 0 Å². The van der Waals surface area contributed by atoms with Crippen molar-refractivity contribution in [1.29, 1.82) is 0 Å². The van der Waals surface area contributed by atoms with E-state index in [4.69, 9.17) is 16.3 Å². The van der Waals surface area contributed by atoms with Gasteiger partial charge in [0, 0.05) is 44.7 Å². The van der Waals surface area contributed by atoms with Crippen LogP contribution in [0.25, 0.3) is 0 Å². The molecule has 1 aromatic carbocycles. The Morgan fingerprint density at radius 1 is 1.12 bits per heavy atom. The summed E-state index contributed by atoms with van der Waals surface area (Å²) in [6.45, 7) is 5.51. The molecule has 1 aromatic rings. The van der Waals surface area contributed by atoms with Crippen LogP contribution >= 0.6 is 11.6 Å². The van der Waals surface area contributed by atoms with Gasteiger partial charge in [-0.05, 0) is 31.3 Å². The summed E-state index contributed by atoms with van der Waals surface area (Å²) in [6.07, 6.45) is 0. The lowest BCUT2D eigenvalue weighted by Gasteiger charge is -2.35. The lowest BCUT2D eigenvalue weighted by atomic mass is 10.3. The van der Waals surface area contributed by atoms with E-state index in [1.54, 1.807) is 24.0 Å². The van der Waals surface area contributed by atoms with Crippen LogP contribution in [0.2, 0.25) is 5.02 Å². The SMILES string of the molecule is CC(=O)N1CCN(C(=O)CN(C)CCOc2ccc(Cl)cc2)CC1. The van der Waals surface area contributed by atoms with Crippen molar-refractivity contribution in [3.63, 3.8) is 0 Å². The van der Waals surface area contributed by atoms with Crippen molar-refractivity contribution < 1.29 is 14.3 Å². The van der Waals surface area contributed by atoms with Gasteiger partial charge in [0.1, 0.15) is 12.4 Å². The van der Waals surface area contributed by atoms with Gasteiger partial charge in [0.05, 0.1) is 6.54 Å². The summed E-state index contributed by atoms with van der Waals surface area (Å²) in [6, 6.07) is 7.21. The number of amides is 2. The number of benzene rings is 1. The van der Waals surface area contributed by atoms with E-state index in [0.29, 0.717) is 50.9 Å². The number of piperazine rings is 1. The minimum Gasteiger partial charge on any atom is -0.492 e. The highest BCUT2D eigenvalue weighted by molar-refractivity contribution is 6.30. The molecule has 2 amide bonds. The second-order valence-corrected chi connectivity index (χ2v) is 6.36. The van der Waals surface area contributed by atoms with E-state index in [9.17, 15) is 9.59 Å². The Hall–Kier alpha value is -1.79. The van der Waals surface area contributed by atoms with Crippen LogP contribution in [-0.2, 0) is 9.59 Å². The van der Waals surface area contributed by atoms with Crippen molar-refractivity contribution in [2.45, 2.75) is 6.92 Å². The largest absolute Gasteiger partial charge is 0.492 e. The Bertz CT molecular complexity index is 557. The van der Waals surface area contributed by atoms with Gasteiger partial charge in [-0.2, -0.15) is 0 Å². The molecule has 0 aliphatic carbocycles. The predicted octanol–water partition coefficient (Wildman–Crippen LogP) is 1.34. The van der Waals surface area contributed by atoms with Crippen LogP contribution in [0.5, 0.6) is 5.75 Å². The summed E-state index contributed by atoms with van der Waals surface area (Å²) in [5, 5.41) is 0.676. The second-order valence-electron chi connectivity index (χ2n) is 5.93. The van der Waals surface area contributed by atoms with Crippen molar-refractivity contribution in [1.82, 2.24) is 14.7 Å². The van der Waals surface area contributed by atoms with Crippen LogP contribution in [0.3, 0.4) is 0 Å². The van der Waals surface area contributed by atoms with Gasteiger partial charge in [-0.1, -0.05) is 11.6 Å². The first-order valence-corrected chi connectivity index (χ1v) is 8.43. The number of nitrogens with zero attached hydrogens (tertiary/aromatic N) is 3. The first-order valence-electron chi connectivity index (χ1n) is 8.06. The average molecular weight is 354 g/mol. The summed E-state index contributed by atoms with van der Waals surface area (Å²) < 4.78 is 5.63. The van der Waals surface area contributed by atoms with Gasteiger partial charge in [-0.15, -0.1) is 0 Å². The summed E-state index contributed by atoms with van der Waals surface area (Å²) in [5.74, 6) is 0.922. The topological polar surface area (TPSA) is 53.1 Å². The zero-order chi connectivity index (χ0) is 17.5. The van der Waals surface area contributed by atoms with Crippen LogP contribution in [-0.4, -0.2) is 79.4 Å². The molecule has 24 heavy (non-hydrogen) atoms. The van der Waals surface area contributed by atoms with E-state index in [2.05, 4.69) is 0 Å². The van der Waals surface area contributed by atoms with Gasteiger partial charge in [0.25, 0.3) is 0 Å². The van der Waals surface area contributed by atoms with Crippen LogP contribution in [0.1, 0.15) is 6.92 Å². The summed E-state index contributed by atoms with van der Waals surface area (Å²) in [4.78, 5) is 29.1.